The fraction of sp³-hybridized carbons (Fsp3) is 0.429. The standard InChI is InChI=1S/C14H17N5O3/c20-7-10-4-11(6-13(10)21)16-14(22)9-2-1-3-12(5-9)19-8-15-17-18-19/h1-3,5,8,10-11,13,20-21H,4,6-7H2,(H,16,22)/t10-,11-,13+/m0/s1. The molecule has 22 heavy (non-hydrogen) atoms. The summed E-state index contributed by atoms with van der Waals surface area (Å²) in [5.41, 5.74) is 1.19. The lowest BCUT2D eigenvalue weighted by molar-refractivity contribution is 0.0903. The van der Waals surface area contributed by atoms with Crippen LogP contribution >= 0.6 is 0 Å². The topological polar surface area (TPSA) is 113 Å². The van der Waals surface area contributed by atoms with Crippen LogP contribution in [-0.2, 0) is 0 Å². The van der Waals surface area contributed by atoms with E-state index in [4.69, 9.17) is 5.11 Å². The molecule has 1 aromatic carbocycles. The zero-order chi connectivity index (χ0) is 15.5. The zero-order valence-corrected chi connectivity index (χ0v) is 11.8. The Bertz CT molecular complexity index is 646. The van der Waals surface area contributed by atoms with Gasteiger partial charge in [0.15, 0.2) is 0 Å². The molecule has 1 heterocycles. The number of carbonyl (C=O) groups excluding carboxylic acids is 1. The van der Waals surface area contributed by atoms with Gasteiger partial charge in [-0.3, -0.25) is 4.79 Å². The van der Waals surface area contributed by atoms with Crippen molar-refractivity contribution < 1.29 is 15.0 Å². The number of aliphatic hydroxyl groups is 2. The van der Waals surface area contributed by atoms with E-state index in [1.807, 2.05) is 0 Å². The summed E-state index contributed by atoms with van der Waals surface area (Å²) in [5, 5.41) is 32.7. The van der Waals surface area contributed by atoms with E-state index in [-0.39, 0.29) is 24.5 Å². The number of tetrazole rings is 1. The van der Waals surface area contributed by atoms with Crippen molar-refractivity contribution in [3.63, 3.8) is 0 Å². The molecule has 8 nitrogen and oxygen atoms in total. The molecule has 1 aliphatic rings. The van der Waals surface area contributed by atoms with E-state index >= 15 is 0 Å². The van der Waals surface area contributed by atoms with Crippen LogP contribution in [0.5, 0.6) is 0 Å². The normalized spacial score (nSPS) is 24.4. The molecule has 8 heteroatoms. The molecule has 0 saturated heterocycles. The number of hydrogen-bond acceptors (Lipinski definition) is 6. The van der Waals surface area contributed by atoms with E-state index in [0.29, 0.717) is 24.1 Å². The van der Waals surface area contributed by atoms with Gasteiger partial charge in [-0.05, 0) is 41.5 Å². The zero-order valence-electron chi connectivity index (χ0n) is 11.8. The van der Waals surface area contributed by atoms with E-state index in [1.54, 1.807) is 24.3 Å². The van der Waals surface area contributed by atoms with E-state index in [2.05, 4.69) is 20.8 Å². The summed E-state index contributed by atoms with van der Waals surface area (Å²) in [6.07, 6.45) is 1.93. The molecule has 1 aromatic heterocycles. The molecule has 1 fully saturated rings. The Labute approximate surface area is 126 Å². The fourth-order valence-corrected chi connectivity index (χ4v) is 2.75. The van der Waals surface area contributed by atoms with Crippen molar-refractivity contribution in [3.05, 3.63) is 36.2 Å². The van der Waals surface area contributed by atoms with Gasteiger partial charge in [0.25, 0.3) is 5.91 Å². The second kappa shape index (κ2) is 6.20. The Hall–Kier alpha value is -2.32. The summed E-state index contributed by atoms with van der Waals surface area (Å²) >= 11 is 0. The van der Waals surface area contributed by atoms with Gasteiger partial charge in [0, 0.05) is 24.1 Å². The second-order valence-electron chi connectivity index (χ2n) is 5.46. The van der Waals surface area contributed by atoms with Gasteiger partial charge in [0.05, 0.1) is 11.8 Å². The molecule has 3 N–H and O–H groups in total. The number of aromatic nitrogens is 4. The molecule has 2 aromatic rings. The van der Waals surface area contributed by atoms with Gasteiger partial charge in [-0.1, -0.05) is 6.07 Å². The van der Waals surface area contributed by atoms with Crippen molar-refractivity contribution in [2.24, 2.45) is 5.92 Å². The highest BCUT2D eigenvalue weighted by atomic mass is 16.3. The average Bonchev–Trinajstić information content (AvgIpc) is 3.17. The third-order valence-corrected chi connectivity index (χ3v) is 3.95. The number of amides is 1. The van der Waals surface area contributed by atoms with Crippen LogP contribution in [0.4, 0.5) is 0 Å². The maximum absolute atomic E-state index is 12.3. The Morgan fingerprint density at radius 3 is 2.95 bits per heavy atom. The van der Waals surface area contributed by atoms with Crippen LogP contribution in [0.3, 0.4) is 0 Å². The van der Waals surface area contributed by atoms with Gasteiger partial charge < -0.3 is 15.5 Å². The molecule has 0 radical (unpaired) electrons. The third kappa shape index (κ3) is 2.97. The maximum atomic E-state index is 12.3. The molecule has 3 atom stereocenters. The van der Waals surface area contributed by atoms with Crippen LogP contribution < -0.4 is 5.32 Å². The number of rotatable bonds is 4. The first-order valence-corrected chi connectivity index (χ1v) is 7.10. The first-order chi connectivity index (χ1) is 10.7. The maximum Gasteiger partial charge on any atom is 0.251 e. The summed E-state index contributed by atoms with van der Waals surface area (Å²) in [5.74, 6) is -0.386. The molecular weight excluding hydrogens is 286 g/mol. The Morgan fingerprint density at radius 2 is 2.27 bits per heavy atom. The number of nitrogens with one attached hydrogen (secondary N) is 1. The quantitative estimate of drug-likeness (QED) is 0.703. The second-order valence-corrected chi connectivity index (χ2v) is 5.46. The lowest BCUT2D eigenvalue weighted by atomic mass is 10.1. The summed E-state index contributed by atoms with van der Waals surface area (Å²) < 4.78 is 1.47. The minimum atomic E-state index is -0.567. The first kappa shape index (κ1) is 14.6. The number of nitrogens with zero attached hydrogens (tertiary/aromatic N) is 4. The Morgan fingerprint density at radius 1 is 1.41 bits per heavy atom. The number of carbonyl (C=O) groups is 1. The molecule has 0 aliphatic heterocycles. The highest BCUT2D eigenvalue weighted by Crippen LogP contribution is 2.26. The predicted molar refractivity (Wildman–Crippen MR) is 76.2 cm³/mol. The van der Waals surface area contributed by atoms with E-state index in [9.17, 15) is 9.90 Å². The number of hydrogen-bond donors (Lipinski definition) is 3. The van der Waals surface area contributed by atoms with E-state index in [0.717, 1.165) is 0 Å². The number of aliphatic hydroxyl groups excluding tert-OH is 2. The van der Waals surface area contributed by atoms with E-state index < -0.39 is 6.10 Å². The van der Waals surface area contributed by atoms with Crippen LogP contribution in [0, 0.1) is 5.92 Å². The van der Waals surface area contributed by atoms with Gasteiger partial charge in [-0.2, -0.15) is 0 Å². The van der Waals surface area contributed by atoms with Crippen LogP contribution in [0.25, 0.3) is 5.69 Å². The monoisotopic (exact) mass is 303 g/mol. The lowest BCUT2D eigenvalue weighted by Crippen LogP contribution is -2.33. The van der Waals surface area contributed by atoms with Gasteiger partial charge >= 0.3 is 0 Å². The smallest absolute Gasteiger partial charge is 0.251 e. The molecule has 3 rings (SSSR count). The Balaban J connectivity index is 1.69. The molecule has 1 saturated carbocycles. The molecule has 0 bridgehead atoms. The molecule has 0 spiro atoms. The molecule has 116 valence electrons. The first-order valence-electron chi connectivity index (χ1n) is 7.10. The number of benzene rings is 1. The molecule has 1 aliphatic carbocycles. The highest BCUT2D eigenvalue weighted by Gasteiger charge is 2.33. The minimum absolute atomic E-state index is 0.0671. The van der Waals surface area contributed by atoms with Crippen molar-refractivity contribution in [2.45, 2.75) is 25.0 Å². The van der Waals surface area contributed by atoms with E-state index in [1.165, 1.54) is 11.0 Å². The van der Waals surface area contributed by atoms with Gasteiger partial charge in [-0.25, -0.2) is 4.68 Å². The summed E-state index contributed by atoms with van der Waals surface area (Å²) in [6, 6.07) is 6.83. The van der Waals surface area contributed by atoms with Crippen molar-refractivity contribution in [3.8, 4) is 5.69 Å². The minimum Gasteiger partial charge on any atom is -0.396 e. The molecule has 1 amide bonds. The summed E-state index contributed by atoms with van der Waals surface area (Å²) in [6.45, 7) is -0.0671. The predicted octanol–water partition coefficient (Wildman–Crippen LogP) is -0.476. The van der Waals surface area contributed by atoms with Crippen LogP contribution in [0.2, 0.25) is 0 Å². The fourth-order valence-electron chi connectivity index (χ4n) is 2.75. The van der Waals surface area contributed by atoms with Gasteiger partial charge in [-0.15, -0.1) is 5.10 Å². The van der Waals surface area contributed by atoms with Gasteiger partial charge in [0.1, 0.15) is 6.33 Å². The summed E-state index contributed by atoms with van der Waals surface area (Å²) in [4.78, 5) is 12.3. The van der Waals surface area contributed by atoms with Crippen molar-refractivity contribution in [1.82, 2.24) is 25.5 Å². The van der Waals surface area contributed by atoms with Crippen LogP contribution in [-0.4, -0.2) is 55.1 Å². The van der Waals surface area contributed by atoms with Crippen LogP contribution in [0.1, 0.15) is 23.2 Å². The molecular formula is C14H17N5O3. The van der Waals surface area contributed by atoms with Crippen molar-refractivity contribution in [2.75, 3.05) is 6.61 Å². The van der Waals surface area contributed by atoms with Crippen molar-refractivity contribution in [1.29, 1.82) is 0 Å². The largest absolute Gasteiger partial charge is 0.396 e. The van der Waals surface area contributed by atoms with Crippen molar-refractivity contribution >= 4 is 5.91 Å². The Kier molecular flexibility index (Phi) is 4.12. The van der Waals surface area contributed by atoms with Crippen LogP contribution in [0.15, 0.2) is 30.6 Å². The molecule has 0 unspecified atom stereocenters. The average molecular weight is 303 g/mol. The third-order valence-electron chi connectivity index (χ3n) is 3.95. The lowest BCUT2D eigenvalue weighted by Gasteiger charge is -2.13. The van der Waals surface area contributed by atoms with Gasteiger partial charge in [0.2, 0.25) is 0 Å². The SMILES string of the molecule is O=C(N[C@H]1C[C@@H](CO)[C@H](O)C1)c1cccc(-n2cnnn2)c1. The summed E-state index contributed by atoms with van der Waals surface area (Å²) in [7, 11) is 0. The highest BCUT2D eigenvalue weighted by molar-refractivity contribution is 5.94.